The lowest BCUT2D eigenvalue weighted by atomic mass is 9.72. The van der Waals surface area contributed by atoms with Crippen molar-refractivity contribution >= 4 is 11.2 Å². The molecule has 1 aliphatic rings. The molecule has 2 atom stereocenters. The van der Waals surface area contributed by atoms with Crippen LogP contribution < -0.4 is 4.74 Å². The third kappa shape index (κ3) is 2.46. The summed E-state index contributed by atoms with van der Waals surface area (Å²) in [5.74, 6) is -0.480. The first kappa shape index (κ1) is 16.1. The molecule has 1 saturated carbocycles. The predicted octanol–water partition coefficient (Wildman–Crippen LogP) is 1.16. The Morgan fingerprint density at radius 1 is 1.26 bits per heavy atom. The monoisotopic (exact) mass is 322 g/mol. The minimum atomic E-state index is -0.739. The van der Waals surface area contributed by atoms with Gasteiger partial charge in [0.25, 0.3) is 0 Å². The molecule has 1 N–H and O–H groups in total. The van der Waals surface area contributed by atoms with Crippen molar-refractivity contribution in [2.75, 3.05) is 26.9 Å². The molecule has 0 bridgehead atoms. The number of ether oxygens (including phenoxy) is 3. The van der Waals surface area contributed by atoms with Gasteiger partial charge < -0.3 is 23.9 Å². The van der Waals surface area contributed by atoms with E-state index in [-0.39, 0.29) is 18.6 Å². The van der Waals surface area contributed by atoms with Crippen molar-refractivity contribution < 1.29 is 19.3 Å². The largest absolute Gasteiger partial charge is 0.479 e. The third-order valence-electron chi connectivity index (χ3n) is 4.37. The summed E-state index contributed by atoms with van der Waals surface area (Å²) in [6, 6.07) is 0.00251. The number of hydrogen-bond acceptors (Lipinski definition) is 7. The van der Waals surface area contributed by atoms with Gasteiger partial charge in [0.15, 0.2) is 17.0 Å². The highest BCUT2D eigenvalue weighted by Crippen LogP contribution is 2.51. The predicted molar refractivity (Wildman–Crippen MR) is 82.1 cm³/mol. The quantitative estimate of drug-likeness (QED) is 0.765. The van der Waals surface area contributed by atoms with E-state index in [1.54, 1.807) is 13.4 Å². The zero-order valence-corrected chi connectivity index (χ0v) is 13.6. The van der Waals surface area contributed by atoms with Crippen LogP contribution in [0.4, 0.5) is 0 Å². The van der Waals surface area contributed by atoms with Crippen LogP contribution in [-0.2, 0) is 9.47 Å². The van der Waals surface area contributed by atoms with Crippen LogP contribution in [0.5, 0.6) is 5.88 Å². The summed E-state index contributed by atoms with van der Waals surface area (Å²) in [6.45, 7) is 4.88. The summed E-state index contributed by atoms with van der Waals surface area (Å²) in [4.78, 5) is 12.7. The van der Waals surface area contributed by atoms with Crippen LogP contribution in [0, 0.1) is 5.92 Å². The molecule has 0 aliphatic heterocycles. The van der Waals surface area contributed by atoms with Crippen LogP contribution in [0.1, 0.15) is 26.3 Å². The summed E-state index contributed by atoms with van der Waals surface area (Å²) in [5.41, 5.74) is 1.29. The van der Waals surface area contributed by atoms with E-state index in [1.807, 2.05) is 18.4 Å². The Bertz CT molecular complexity index is 669. The molecule has 0 saturated heterocycles. The van der Waals surface area contributed by atoms with E-state index < -0.39 is 5.79 Å². The first-order chi connectivity index (χ1) is 11.2. The highest BCUT2D eigenvalue weighted by atomic mass is 16.7. The molecule has 1 fully saturated rings. The summed E-state index contributed by atoms with van der Waals surface area (Å²) in [7, 11) is 1.55. The van der Waals surface area contributed by atoms with Gasteiger partial charge in [-0.25, -0.2) is 9.97 Å². The van der Waals surface area contributed by atoms with Gasteiger partial charge >= 0.3 is 0 Å². The van der Waals surface area contributed by atoms with Crippen LogP contribution in [0.2, 0.25) is 0 Å². The van der Waals surface area contributed by atoms with E-state index in [4.69, 9.17) is 14.2 Å². The Morgan fingerprint density at radius 3 is 2.61 bits per heavy atom. The van der Waals surface area contributed by atoms with E-state index in [9.17, 15) is 5.11 Å². The third-order valence-corrected chi connectivity index (χ3v) is 4.37. The van der Waals surface area contributed by atoms with Crippen LogP contribution in [0.3, 0.4) is 0 Å². The number of aliphatic hydroxyl groups is 1. The zero-order chi connectivity index (χ0) is 16.4. The number of nitrogens with zero attached hydrogens (tertiary/aromatic N) is 4. The molecule has 0 unspecified atom stereocenters. The van der Waals surface area contributed by atoms with E-state index in [1.165, 1.54) is 6.33 Å². The van der Waals surface area contributed by atoms with E-state index in [2.05, 4.69) is 15.0 Å². The minimum Gasteiger partial charge on any atom is -0.479 e. The van der Waals surface area contributed by atoms with Gasteiger partial charge in [0.05, 0.1) is 32.0 Å². The number of aromatic nitrogens is 4. The lowest BCUT2D eigenvalue weighted by Crippen LogP contribution is -2.59. The Kier molecular flexibility index (Phi) is 4.47. The Morgan fingerprint density at radius 2 is 2.00 bits per heavy atom. The van der Waals surface area contributed by atoms with E-state index >= 15 is 0 Å². The maximum atomic E-state index is 9.87. The van der Waals surface area contributed by atoms with Crippen molar-refractivity contribution in [3.8, 4) is 5.88 Å². The lowest BCUT2D eigenvalue weighted by Gasteiger charge is -2.53. The van der Waals surface area contributed by atoms with Gasteiger partial charge in [-0.1, -0.05) is 0 Å². The minimum absolute atomic E-state index is 0.00251. The second-order valence-corrected chi connectivity index (χ2v) is 5.45. The topological polar surface area (TPSA) is 91.5 Å². The molecule has 8 heteroatoms. The first-order valence-corrected chi connectivity index (χ1v) is 7.81. The van der Waals surface area contributed by atoms with Gasteiger partial charge in [-0.3, -0.25) is 0 Å². The van der Waals surface area contributed by atoms with Crippen molar-refractivity contribution in [1.29, 1.82) is 0 Å². The zero-order valence-electron chi connectivity index (χ0n) is 13.6. The molecule has 2 aromatic heterocycles. The van der Waals surface area contributed by atoms with Gasteiger partial charge in [-0.05, 0) is 13.8 Å². The second-order valence-electron chi connectivity index (χ2n) is 5.45. The number of imidazole rings is 1. The summed E-state index contributed by atoms with van der Waals surface area (Å²) >= 11 is 0. The molecule has 0 amide bonds. The average molecular weight is 322 g/mol. The van der Waals surface area contributed by atoms with Gasteiger partial charge in [0, 0.05) is 19.6 Å². The second kappa shape index (κ2) is 6.38. The molecule has 126 valence electrons. The molecule has 23 heavy (non-hydrogen) atoms. The summed E-state index contributed by atoms with van der Waals surface area (Å²) in [6.07, 6.45) is 3.79. The summed E-state index contributed by atoms with van der Waals surface area (Å²) < 4.78 is 18.8. The number of aliphatic hydroxyl groups excluding tert-OH is 1. The fourth-order valence-electron chi connectivity index (χ4n) is 3.36. The molecular formula is C15H22N4O4. The maximum Gasteiger partial charge on any atom is 0.245 e. The molecule has 8 nitrogen and oxygen atoms in total. The van der Waals surface area contributed by atoms with Crippen molar-refractivity contribution in [3.63, 3.8) is 0 Å². The number of hydrogen-bond donors (Lipinski definition) is 1. The van der Waals surface area contributed by atoms with Crippen molar-refractivity contribution in [1.82, 2.24) is 19.5 Å². The summed E-state index contributed by atoms with van der Waals surface area (Å²) in [5, 5.41) is 9.87. The van der Waals surface area contributed by atoms with Gasteiger partial charge in [0.2, 0.25) is 5.88 Å². The molecule has 3 rings (SSSR count). The van der Waals surface area contributed by atoms with E-state index in [0.717, 1.165) is 0 Å². The number of rotatable bonds is 7. The van der Waals surface area contributed by atoms with Crippen LogP contribution >= 0.6 is 0 Å². The SMILES string of the molecule is CCOC1(OCC)C[C@H](n2cnc3c(OC)ncnc32)[C@H]1CO. The lowest BCUT2D eigenvalue weighted by molar-refractivity contribution is -0.329. The Balaban J connectivity index is 1.94. The Hall–Kier alpha value is -1.77. The number of fused-ring (bicyclic) bond motifs is 1. The average Bonchev–Trinajstić information content (AvgIpc) is 2.96. The number of methoxy groups -OCH3 is 1. The van der Waals surface area contributed by atoms with Crippen molar-refractivity contribution in [2.24, 2.45) is 5.92 Å². The molecule has 0 radical (unpaired) electrons. The highest BCUT2D eigenvalue weighted by molar-refractivity contribution is 5.76. The normalized spacial score (nSPS) is 23.0. The molecule has 0 aromatic carbocycles. The van der Waals surface area contributed by atoms with Gasteiger partial charge in [-0.15, -0.1) is 0 Å². The maximum absolute atomic E-state index is 9.87. The molecular weight excluding hydrogens is 300 g/mol. The fraction of sp³-hybridized carbons (Fsp3) is 0.667. The fourth-order valence-corrected chi connectivity index (χ4v) is 3.36. The molecule has 2 heterocycles. The first-order valence-electron chi connectivity index (χ1n) is 7.81. The van der Waals surface area contributed by atoms with Crippen molar-refractivity contribution in [3.05, 3.63) is 12.7 Å². The highest BCUT2D eigenvalue weighted by Gasteiger charge is 2.57. The standard InChI is InChI=1S/C15H22N4O4/c1-4-22-15(23-5-2)6-11(10(15)7-20)19-9-18-12-13(19)16-8-17-14(12)21-3/h8-11,20H,4-7H2,1-3H3/t10-,11+/m1/s1. The van der Waals surface area contributed by atoms with Gasteiger partial charge in [0.1, 0.15) is 6.33 Å². The van der Waals surface area contributed by atoms with Gasteiger partial charge in [-0.2, -0.15) is 4.98 Å². The van der Waals surface area contributed by atoms with Crippen LogP contribution in [-0.4, -0.2) is 57.3 Å². The smallest absolute Gasteiger partial charge is 0.245 e. The van der Waals surface area contributed by atoms with Crippen LogP contribution in [0.15, 0.2) is 12.7 Å². The van der Waals surface area contributed by atoms with Crippen LogP contribution in [0.25, 0.3) is 11.2 Å². The molecule has 0 spiro atoms. The van der Waals surface area contributed by atoms with Crippen molar-refractivity contribution in [2.45, 2.75) is 32.1 Å². The Labute approximate surface area is 134 Å². The molecule has 1 aliphatic carbocycles. The van der Waals surface area contributed by atoms with E-state index in [0.29, 0.717) is 36.7 Å². The molecule has 2 aromatic rings.